The number of phosphoric ester groups is 1. The van der Waals surface area contributed by atoms with Crippen LogP contribution in [0.15, 0.2) is 79.6 Å². The van der Waals surface area contributed by atoms with Gasteiger partial charge in [0.15, 0.2) is 22.6 Å². The van der Waals surface area contributed by atoms with Crippen molar-refractivity contribution >= 4 is 44.2 Å². The summed E-state index contributed by atoms with van der Waals surface area (Å²) >= 11 is 0. The van der Waals surface area contributed by atoms with E-state index in [0.29, 0.717) is 27.9 Å². The van der Waals surface area contributed by atoms with Crippen LogP contribution in [0.3, 0.4) is 0 Å². The van der Waals surface area contributed by atoms with Crippen LogP contribution in [0.2, 0.25) is 0 Å². The maximum Gasteiger partial charge on any atom is 0.481 e. The van der Waals surface area contributed by atoms with Gasteiger partial charge in [-0.25, -0.2) is 28.9 Å². The highest BCUT2D eigenvalue weighted by Crippen LogP contribution is 2.57. The van der Waals surface area contributed by atoms with Crippen molar-refractivity contribution in [3.8, 4) is 0 Å². The molecule has 3 N–H and O–H groups in total. The highest BCUT2D eigenvalue weighted by molar-refractivity contribution is 7.60. The molecule has 0 saturated carbocycles. The van der Waals surface area contributed by atoms with Crippen molar-refractivity contribution in [3.63, 3.8) is 0 Å². The summed E-state index contributed by atoms with van der Waals surface area (Å²) < 4.78 is 46.8. The Morgan fingerprint density at radius 3 is 2.34 bits per heavy atom. The van der Waals surface area contributed by atoms with Gasteiger partial charge in [0.25, 0.3) is 0 Å². The first-order chi connectivity index (χ1) is 21.0. The third kappa shape index (κ3) is 6.38. The van der Waals surface area contributed by atoms with E-state index >= 15 is 0 Å². The summed E-state index contributed by atoms with van der Waals surface area (Å²) in [6.07, 6.45) is 3.19. The van der Waals surface area contributed by atoms with Crippen molar-refractivity contribution in [2.75, 3.05) is 6.61 Å². The van der Waals surface area contributed by atoms with Crippen LogP contribution in [0.5, 0.6) is 0 Å². The number of imidazole rings is 2. The molecule has 228 valence electrons. The number of rotatable bonds is 10. The number of ether oxygens (including phenoxy) is 2. The fraction of sp³-hybridized carbons (Fsp3) is 0.192. The first-order valence-electron chi connectivity index (χ1n) is 12.9. The zero-order valence-corrected chi connectivity index (χ0v) is 24.2. The monoisotopic (exact) mass is 643 g/mol. The first kappa shape index (κ1) is 29.9. The molecular weight excluding hydrogens is 620 g/mol. The Kier molecular flexibility index (Phi) is 8.01. The summed E-state index contributed by atoms with van der Waals surface area (Å²) in [7, 11) is -10.6. The second-order valence-corrected chi connectivity index (χ2v) is 12.5. The second-order valence-electron chi connectivity index (χ2n) is 9.64. The molecule has 18 heteroatoms. The SMILES string of the molecule is O=C(O[C@H]1C[C@H](n2cnc3c2ncn2ccnc32)O[C@@H]1COP(=O)(O)OP(=O)(O)O)c1ccc(C(=O)c2ccccc2)cc1. The Bertz CT molecular complexity index is 1940. The van der Waals surface area contributed by atoms with Gasteiger partial charge < -0.3 is 24.2 Å². The number of esters is 1. The number of aromatic nitrogens is 5. The number of carbonyl (C=O) groups is 2. The van der Waals surface area contributed by atoms with Gasteiger partial charge in [0, 0.05) is 29.9 Å². The normalized spacial score (nSPS) is 20.1. The van der Waals surface area contributed by atoms with Crippen LogP contribution in [0.1, 0.15) is 38.9 Å². The summed E-state index contributed by atoms with van der Waals surface area (Å²) in [4.78, 5) is 66.5. The van der Waals surface area contributed by atoms with Gasteiger partial charge in [0.1, 0.15) is 24.8 Å². The molecule has 16 nitrogen and oxygen atoms in total. The third-order valence-corrected chi connectivity index (χ3v) is 8.88. The van der Waals surface area contributed by atoms with Crippen LogP contribution in [0.4, 0.5) is 0 Å². The van der Waals surface area contributed by atoms with Crippen LogP contribution in [-0.2, 0) is 27.4 Å². The molecule has 6 rings (SSSR count). The average molecular weight is 643 g/mol. The van der Waals surface area contributed by atoms with Crippen molar-refractivity contribution in [2.24, 2.45) is 0 Å². The number of hydrogen-bond acceptors (Lipinski definition) is 11. The topological polar surface area (TPSA) is 214 Å². The maximum absolute atomic E-state index is 13.1. The van der Waals surface area contributed by atoms with E-state index in [2.05, 4.69) is 19.3 Å². The smallest absolute Gasteiger partial charge is 0.456 e. The summed E-state index contributed by atoms with van der Waals surface area (Å²) in [5.41, 5.74) is 2.37. The Morgan fingerprint density at radius 1 is 0.909 bits per heavy atom. The Labute approximate surface area is 247 Å². The lowest BCUT2D eigenvalue weighted by molar-refractivity contribution is -0.0490. The van der Waals surface area contributed by atoms with E-state index in [9.17, 15) is 23.6 Å². The van der Waals surface area contributed by atoms with Gasteiger partial charge >= 0.3 is 21.6 Å². The highest BCUT2D eigenvalue weighted by atomic mass is 31.3. The van der Waals surface area contributed by atoms with Crippen LogP contribution in [0, 0.1) is 0 Å². The molecule has 1 aliphatic heterocycles. The minimum Gasteiger partial charge on any atom is -0.456 e. The standard InChI is InChI=1S/C26H23N5O11P2/c32-23(16-4-2-1-3-5-16)17-6-8-18(9-7-17)26(33)41-19-12-21(40-20(19)13-39-44(37,38)42-43(34,35)36)31-15-28-22-24-27-10-11-30(24)14-29-25(22)31/h1-11,14-15,19-21H,12-13H2,(H,37,38)(H2,34,35,36)/t19-,20+,21+/m0/s1. The van der Waals surface area contributed by atoms with Crippen LogP contribution >= 0.6 is 15.6 Å². The Hall–Kier alpha value is -4.11. The van der Waals surface area contributed by atoms with Crippen molar-refractivity contribution in [1.29, 1.82) is 0 Å². The van der Waals surface area contributed by atoms with Crippen LogP contribution in [-0.4, -0.2) is 69.2 Å². The minimum absolute atomic E-state index is 0.0200. The van der Waals surface area contributed by atoms with Crippen LogP contribution < -0.4 is 0 Å². The largest absolute Gasteiger partial charge is 0.481 e. The summed E-state index contributed by atoms with van der Waals surface area (Å²) in [5, 5.41) is 0. The molecule has 1 aliphatic rings. The van der Waals surface area contributed by atoms with E-state index in [1.54, 1.807) is 51.7 Å². The summed E-state index contributed by atoms with van der Waals surface area (Å²) in [6.45, 7) is -0.739. The lowest BCUT2D eigenvalue weighted by Gasteiger charge is -2.20. The molecule has 1 saturated heterocycles. The van der Waals surface area contributed by atoms with Crippen molar-refractivity contribution in [2.45, 2.75) is 24.9 Å². The molecule has 2 aromatic carbocycles. The molecule has 0 spiro atoms. The fourth-order valence-electron chi connectivity index (χ4n) is 4.75. The van der Waals surface area contributed by atoms with Gasteiger partial charge in [-0.15, -0.1) is 0 Å². The highest BCUT2D eigenvalue weighted by Gasteiger charge is 2.42. The van der Waals surface area contributed by atoms with Gasteiger partial charge in [-0.2, -0.15) is 4.31 Å². The molecule has 3 aromatic heterocycles. The van der Waals surface area contributed by atoms with Crippen molar-refractivity contribution in [1.82, 2.24) is 23.9 Å². The number of phosphoric acid groups is 2. The fourth-order valence-corrected chi connectivity index (χ4v) is 6.35. The zero-order valence-electron chi connectivity index (χ0n) is 22.4. The van der Waals surface area contributed by atoms with E-state index < -0.39 is 46.7 Å². The van der Waals surface area contributed by atoms with Gasteiger partial charge in [-0.1, -0.05) is 42.5 Å². The minimum atomic E-state index is -5.37. The Balaban J connectivity index is 1.22. The number of fused-ring (bicyclic) bond motifs is 3. The molecular formula is C26H23N5O11P2. The van der Waals surface area contributed by atoms with E-state index in [-0.39, 0.29) is 17.8 Å². The maximum atomic E-state index is 13.1. The second kappa shape index (κ2) is 11.8. The number of ketones is 1. The molecule has 0 bridgehead atoms. The van der Waals surface area contributed by atoms with Gasteiger partial charge in [-0.3, -0.25) is 18.3 Å². The van der Waals surface area contributed by atoms with Crippen LogP contribution in [0.25, 0.3) is 16.8 Å². The zero-order chi connectivity index (χ0) is 31.1. The molecule has 1 unspecified atom stereocenters. The molecule has 4 atom stereocenters. The number of carbonyl (C=O) groups excluding carboxylic acids is 2. The first-order valence-corrected chi connectivity index (χ1v) is 15.9. The third-order valence-electron chi connectivity index (χ3n) is 6.73. The molecule has 1 fully saturated rings. The summed E-state index contributed by atoms with van der Waals surface area (Å²) in [6, 6.07) is 14.5. The Morgan fingerprint density at radius 2 is 1.61 bits per heavy atom. The van der Waals surface area contributed by atoms with Gasteiger partial charge in [0.05, 0.1) is 18.5 Å². The quantitative estimate of drug-likeness (QED) is 0.113. The number of benzene rings is 2. The lowest BCUT2D eigenvalue weighted by Crippen LogP contribution is -2.31. The number of nitrogens with zero attached hydrogens (tertiary/aromatic N) is 5. The summed E-state index contributed by atoms with van der Waals surface area (Å²) in [5.74, 6) is -1.01. The van der Waals surface area contributed by atoms with E-state index in [4.69, 9.17) is 23.8 Å². The van der Waals surface area contributed by atoms with E-state index in [0.717, 1.165) is 0 Å². The van der Waals surface area contributed by atoms with Crippen molar-refractivity contribution < 1.29 is 51.7 Å². The predicted molar refractivity (Wildman–Crippen MR) is 149 cm³/mol. The molecule has 44 heavy (non-hydrogen) atoms. The molecule has 0 amide bonds. The average Bonchev–Trinajstić information content (AvgIpc) is 3.73. The molecule has 4 heterocycles. The number of hydrogen-bond donors (Lipinski definition) is 3. The van der Waals surface area contributed by atoms with E-state index in [1.165, 1.54) is 36.9 Å². The van der Waals surface area contributed by atoms with Crippen molar-refractivity contribution in [3.05, 3.63) is 96.3 Å². The predicted octanol–water partition coefficient (Wildman–Crippen LogP) is 3.05. The van der Waals surface area contributed by atoms with Gasteiger partial charge in [-0.05, 0) is 12.1 Å². The molecule has 5 aromatic rings. The lowest BCUT2D eigenvalue weighted by atomic mass is 10.0. The molecule has 0 aliphatic carbocycles. The van der Waals surface area contributed by atoms with Gasteiger partial charge in [0.2, 0.25) is 0 Å². The van der Waals surface area contributed by atoms with E-state index in [1.807, 2.05) is 0 Å². The molecule has 0 radical (unpaired) electrons.